The molecule has 2 N–H and O–H groups in total. The zero-order valence-electron chi connectivity index (χ0n) is 13.1. The van der Waals surface area contributed by atoms with Crippen LogP contribution in [0.3, 0.4) is 0 Å². The first-order valence-corrected chi connectivity index (χ1v) is 7.93. The standard InChI is InChI=1S/C16H26N4O/c1-3-17-16(21)15-11-14(5-8-18-15)19-12-13-6-9-20(4-2)10-7-13/h5,8,11,13H,3-4,6-7,9-10,12H2,1-2H3,(H,17,21)(H,18,19). The Bertz CT molecular complexity index is 455. The van der Waals surface area contributed by atoms with E-state index < -0.39 is 0 Å². The molecule has 5 nitrogen and oxygen atoms in total. The lowest BCUT2D eigenvalue weighted by atomic mass is 9.97. The smallest absolute Gasteiger partial charge is 0.269 e. The molecular formula is C16H26N4O. The van der Waals surface area contributed by atoms with Gasteiger partial charge < -0.3 is 15.5 Å². The van der Waals surface area contributed by atoms with Gasteiger partial charge in [-0.3, -0.25) is 9.78 Å². The lowest BCUT2D eigenvalue weighted by Gasteiger charge is -2.31. The number of piperidine rings is 1. The van der Waals surface area contributed by atoms with Gasteiger partial charge in [-0.15, -0.1) is 0 Å². The van der Waals surface area contributed by atoms with Crippen molar-refractivity contribution in [3.63, 3.8) is 0 Å². The first-order chi connectivity index (χ1) is 10.2. The molecular weight excluding hydrogens is 264 g/mol. The van der Waals surface area contributed by atoms with Gasteiger partial charge in [-0.25, -0.2) is 0 Å². The van der Waals surface area contributed by atoms with E-state index in [9.17, 15) is 4.79 Å². The van der Waals surface area contributed by atoms with Crippen LogP contribution in [-0.2, 0) is 0 Å². The summed E-state index contributed by atoms with van der Waals surface area (Å²) in [6.07, 6.45) is 4.18. The Kier molecular flexibility index (Phi) is 5.99. The van der Waals surface area contributed by atoms with Crippen LogP contribution in [0.25, 0.3) is 0 Å². The highest BCUT2D eigenvalue weighted by atomic mass is 16.1. The molecule has 21 heavy (non-hydrogen) atoms. The van der Waals surface area contributed by atoms with Crippen molar-refractivity contribution < 1.29 is 4.79 Å². The summed E-state index contributed by atoms with van der Waals surface area (Å²) in [6, 6.07) is 3.75. The van der Waals surface area contributed by atoms with Crippen molar-refractivity contribution in [2.24, 2.45) is 5.92 Å². The monoisotopic (exact) mass is 290 g/mol. The Labute approximate surface area is 127 Å². The minimum Gasteiger partial charge on any atom is -0.385 e. The van der Waals surface area contributed by atoms with Crippen LogP contribution < -0.4 is 10.6 Å². The first kappa shape index (κ1) is 15.8. The van der Waals surface area contributed by atoms with E-state index in [0.29, 0.717) is 18.2 Å². The Morgan fingerprint density at radius 2 is 2.14 bits per heavy atom. The van der Waals surface area contributed by atoms with Gasteiger partial charge >= 0.3 is 0 Å². The summed E-state index contributed by atoms with van der Waals surface area (Å²) < 4.78 is 0. The molecule has 5 heteroatoms. The molecule has 0 bridgehead atoms. The Hall–Kier alpha value is -1.62. The fourth-order valence-electron chi connectivity index (χ4n) is 2.68. The van der Waals surface area contributed by atoms with Crippen LogP contribution in [-0.4, -0.2) is 48.5 Å². The third-order valence-corrected chi connectivity index (χ3v) is 4.08. The number of rotatable bonds is 6. The van der Waals surface area contributed by atoms with E-state index >= 15 is 0 Å². The number of hydrogen-bond acceptors (Lipinski definition) is 4. The third kappa shape index (κ3) is 4.70. The predicted molar refractivity (Wildman–Crippen MR) is 85.6 cm³/mol. The van der Waals surface area contributed by atoms with Crippen molar-refractivity contribution in [1.29, 1.82) is 0 Å². The average Bonchev–Trinajstić information content (AvgIpc) is 2.54. The highest BCUT2D eigenvalue weighted by Gasteiger charge is 2.17. The molecule has 0 atom stereocenters. The van der Waals surface area contributed by atoms with Crippen molar-refractivity contribution in [2.75, 3.05) is 38.0 Å². The number of likely N-dealkylation sites (tertiary alicyclic amines) is 1. The van der Waals surface area contributed by atoms with E-state index in [4.69, 9.17) is 0 Å². The summed E-state index contributed by atoms with van der Waals surface area (Å²) in [5.41, 5.74) is 1.45. The molecule has 0 saturated carbocycles. The third-order valence-electron chi connectivity index (χ3n) is 4.08. The highest BCUT2D eigenvalue weighted by molar-refractivity contribution is 5.93. The lowest BCUT2D eigenvalue weighted by molar-refractivity contribution is 0.0951. The van der Waals surface area contributed by atoms with Gasteiger partial charge in [0.25, 0.3) is 5.91 Å². The maximum atomic E-state index is 11.8. The fraction of sp³-hybridized carbons (Fsp3) is 0.625. The van der Waals surface area contributed by atoms with Gasteiger partial charge in [-0.2, -0.15) is 0 Å². The number of hydrogen-bond donors (Lipinski definition) is 2. The maximum Gasteiger partial charge on any atom is 0.269 e. The molecule has 1 aliphatic heterocycles. The second kappa shape index (κ2) is 7.98. The van der Waals surface area contributed by atoms with E-state index in [-0.39, 0.29) is 5.91 Å². The average molecular weight is 290 g/mol. The molecule has 0 aromatic carbocycles. The number of carbonyl (C=O) groups is 1. The van der Waals surface area contributed by atoms with Crippen LogP contribution in [0.1, 0.15) is 37.2 Å². The summed E-state index contributed by atoms with van der Waals surface area (Å²) in [5, 5.41) is 6.22. The van der Waals surface area contributed by atoms with E-state index in [2.05, 4.69) is 27.4 Å². The van der Waals surface area contributed by atoms with Gasteiger partial charge in [-0.05, 0) is 57.5 Å². The molecule has 2 rings (SSSR count). The first-order valence-electron chi connectivity index (χ1n) is 7.93. The lowest BCUT2D eigenvalue weighted by Crippen LogP contribution is -2.35. The maximum absolute atomic E-state index is 11.8. The van der Waals surface area contributed by atoms with E-state index in [1.165, 1.54) is 25.9 Å². The van der Waals surface area contributed by atoms with Crippen molar-refractivity contribution in [1.82, 2.24) is 15.2 Å². The number of nitrogens with one attached hydrogen (secondary N) is 2. The molecule has 0 spiro atoms. The SMILES string of the molecule is CCNC(=O)c1cc(NCC2CCN(CC)CC2)ccn1. The minimum absolute atomic E-state index is 0.114. The summed E-state index contributed by atoms with van der Waals surface area (Å²) in [4.78, 5) is 18.4. The molecule has 1 aliphatic rings. The number of carbonyl (C=O) groups excluding carboxylic acids is 1. The summed E-state index contributed by atoms with van der Waals surface area (Å²) in [6.45, 7) is 9.26. The highest BCUT2D eigenvalue weighted by Crippen LogP contribution is 2.18. The van der Waals surface area contributed by atoms with Crippen LogP contribution >= 0.6 is 0 Å². The van der Waals surface area contributed by atoms with E-state index in [0.717, 1.165) is 18.8 Å². The largest absolute Gasteiger partial charge is 0.385 e. The van der Waals surface area contributed by atoms with Gasteiger partial charge in [0.05, 0.1) is 0 Å². The van der Waals surface area contributed by atoms with Crippen molar-refractivity contribution >= 4 is 11.6 Å². The molecule has 116 valence electrons. The van der Waals surface area contributed by atoms with Crippen molar-refractivity contribution in [2.45, 2.75) is 26.7 Å². The normalized spacial score (nSPS) is 16.7. The molecule has 1 fully saturated rings. The van der Waals surface area contributed by atoms with Gasteiger partial charge in [-0.1, -0.05) is 6.92 Å². The Morgan fingerprint density at radius 3 is 2.81 bits per heavy atom. The Morgan fingerprint density at radius 1 is 1.38 bits per heavy atom. The summed E-state index contributed by atoms with van der Waals surface area (Å²) >= 11 is 0. The molecule has 0 aliphatic carbocycles. The second-order valence-electron chi connectivity index (χ2n) is 5.55. The minimum atomic E-state index is -0.114. The van der Waals surface area contributed by atoms with Gasteiger partial charge in [0, 0.05) is 25.0 Å². The van der Waals surface area contributed by atoms with E-state index in [1.807, 2.05) is 19.1 Å². The van der Waals surface area contributed by atoms with Crippen LogP contribution in [0.15, 0.2) is 18.3 Å². The van der Waals surface area contributed by atoms with Crippen LogP contribution in [0.4, 0.5) is 5.69 Å². The van der Waals surface area contributed by atoms with Gasteiger partial charge in [0.15, 0.2) is 0 Å². The Balaban J connectivity index is 1.83. The molecule has 2 heterocycles. The summed E-state index contributed by atoms with van der Waals surface area (Å²) in [5.74, 6) is 0.603. The zero-order chi connectivity index (χ0) is 15.1. The van der Waals surface area contributed by atoms with E-state index in [1.54, 1.807) is 6.20 Å². The number of amides is 1. The number of nitrogens with zero attached hydrogens (tertiary/aromatic N) is 2. The quantitative estimate of drug-likeness (QED) is 0.841. The second-order valence-corrected chi connectivity index (χ2v) is 5.55. The zero-order valence-corrected chi connectivity index (χ0v) is 13.1. The molecule has 1 aromatic heterocycles. The molecule has 0 radical (unpaired) electrons. The van der Waals surface area contributed by atoms with Gasteiger partial charge in [0.2, 0.25) is 0 Å². The predicted octanol–water partition coefficient (Wildman–Crippen LogP) is 1.98. The molecule has 1 amide bonds. The molecule has 0 unspecified atom stereocenters. The van der Waals surface area contributed by atoms with Crippen LogP contribution in [0.2, 0.25) is 0 Å². The number of anilines is 1. The molecule has 1 saturated heterocycles. The van der Waals surface area contributed by atoms with Crippen molar-refractivity contribution in [3.05, 3.63) is 24.0 Å². The molecule has 1 aromatic rings. The topological polar surface area (TPSA) is 57.3 Å². The number of aromatic nitrogens is 1. The summed E-state index contributed by atoms with van der Waals surface area (Å²) in [7, 11) is 0. The number of pyridine rings is 1. The fourth-order valence-corrected chi connectivity index (χ4v) is 2.68. The van der Waals surface area contributed by atoms with Gasteiger partial charge in [0.1, 0.15) is 5.69 Å². The van der Waals surface area contributed by atoms with Crippen LogP contribution in [0, 0.1) is 5.92 Å². The van der Waals surface area contributed by atoms with Crippen LogP contribution in [0.5, 0.6) is 0 Å². The van der Waals surface area contributed by atoms with Crippen molar-refractivity contribution in [3.8, 4) is 0 Å².